The lowest BCUT2D eigenvalue weighted by Crippen LogP contribution is -2.49. The van der Waals surface area contributed by atoms with Crippen LogP contribution in [0.5, 0.6) is 0 Å². The molecule has 2 N–H and O–H groups in total. The summed E-state index contributed by atoms with van der Waals surface area (Å²) in [5.41, 5.74) is 0. The second-order valence-electron chi connectivity index (χ2n) is 8.82. The lowest BCUT2D eigenvalue weighted by atomic mass is 9.85. The van der Waals surface area contributed by atoms with E-state index < -0.39 is 0 Å². The minimum atomic E-state index is -0.115. The third kappa shape index (κ3) is 4.20. The van der Waals surface area contributed by atoms with Crippen LogP contribution in [0.15, 0.2) is 17.1 Å². The van der Waals surface area contributed by atoms with Crippen molar-refractivity contribution in [1.82, 2.24) is 20.4 Å². The quantitative estimate of drug-likeness (QED) is 0.263. The normalized spacial score (nSPS) is 29.3. The van der Waals surface area contributed by atoms with Crippen LogP contribution in [0, 0.1) is 29.6 Å². The van der Waals surface area contributed by atoms with Crippen molar-refractivity contribution >= 4 is 17.8 Å². The molecule has 5 atom stereocenters. The number of carbonyl (C=O) groups excluding carboxylic acids is 2. The van der Waals surface area contributed by atoms with Crippen LogP contribution < -0.4 is 10.6 Å². The first-order valence-corrected chi connectivity index (χ1v) is 11.1. The Morgan fingerprint density at radius 2 is 1.72 bits per heavy atom. The first-order valence-electron chi connectivity index (χ1n) is 11.1. The van der Waals surface area contributed by atoms with Gasteiger partial charge in [0.15, 0.2) is 5.96 Å². The van der Waals surface area contributed by atoms with Gasteiger partial charge in [-0.1, -0.05) is 38.8 Å². The summed E-state index contributed by atoms with van der Waals surface area (Å²) >= 11 is 0. The monoisotopic (exact) mass is 403 g/mol. The van der Waals surface area contributed by atoms with Gasteiger partial charge in [0.25, 0.3) is 0 Å². The molecule has 2 aliphatic carbocycles. The fourth-order valence-electron chi connectivity index (χ4n) is 5.50. The molecule has 1 aliphatic heterocycles. The molecule has 3 rings (SSSR count). The molecule has 0 spiro atoms. The van der Waals surface area contributed by atoms with Crippen LogP contribution in [-0.4, -0.2) is 74.4 Å². The summed E-state index contributed by atoms with van der Waals surface area (Å²) in [6, 6.07) is 0.424. The minimum Gasteiger partial charge on any atom is -0.355 e. The first-order chi connectivity index (χ1) is 13.9. The average Bonchev–Trinajstić information content (AvgIpc) is 3.38. The number of carbonyl (C=O) groups is 2. The van der Waals surface area contributed by atoms with Gasteiger partial charge in [0.2, 0.25) is 11.8 Å². The fraction of sp³-hybridized carbons (Fsp3) is 0.773. The molecular weight excluding hydrogens is 366 g/mol. The average molecular weight is 404 g/mol. The van der Waals surface area contributed by atoms with Crippen LogP contribution in [0.3, 0.4) is 0 Å². The van der Waals surface area contributed by atoms with Gasteiger partial charge < -0.3 is 15.5 Å². The number of nitrogens with zero attached hydrogens (tertiary/aromatic N) is 3. The number of hydrogen-bond donors (Lipinski definition) is 2. The summed E-state index contributed by atoms with van der Waals surface area (Å²) in [7, 11) is 5.98. The third-order valence-corrected chi connectivity index (χ3v) is 7.15. The molecule has 0 radical (unpaired) electrons. The van der Waals surface area contributed by atoms with Gasteiger partial charge in [-0.25, -0.2) is 0 Å². The van der Waals surface area contributed by atoms with Gasteiger partial charge >= 0.3 is 0 Å². The van der Waals surface area contributed by atoms with E-state index in [1.165, 1.54) is 4.90 Å². The van der Waals surface area contributed by atoms with Crippen molar-refractivity contribution in [2.75, 3.05) is 40.8 Å². The van der Waals surface area contributed by atoms with E-state index in [0.29, 0.717) is 31.0 Å². The van der Waals surface area contributed by atoms with E-state index in [9.17, 15) is 9.59 Å². The summed E-state index contributed by atoms with van der Waals surface area (Å²) in [6.07, 6.45) is 7.52. The highest BCUT2D eigenvalue weighted by atomic mass is 16.2. The highest BCUT2D eigenvalue weighted by Gasteiger charge is 2.58. The van der Waals surface area contributed by atoms with Gasteiger partial charge in [-0.2, -0.15) is 0 Å². The number of aliphatic imine (C=N–C) groups is 1. The zero-order valence-electron chi connectivity index (χ0n) is 18.5. The van der Waals surface area contributed by atoms with E-state index in [0.717, 1.165) is 25.8 Å². The Hall–Kier alpha value is -1.89. The van der Waals surface area contributed by atoms with E-state index in [1.54, 1.807) is 7.05 Å². The van der Waals surface area contributed by atoms with E-state index in [4.69, 9.17) is 0 Å². The Balaban J connectivity index is 1.48. The van der Waals surface area contributed by atoms with Gasteiger partial charge in [0.05, 0.1) is 11.8 Å². The number of likely N-dealkylation sites (tertiary alicyclic amines) is 1. The molecule has 1 heterocycles. The third-order valence-electron chi connectivity index (χ3n) is 7.15. The molecule has 162 valence electrons. The highest BCUT2D eigenvalue weighted by Crippen LogP contribution is 2.52. The topological polar surface area (TPSA) is 77.0 Å². The SMILES string of the molecule is CCC(CC)C(CNC(=NC)NCCN1C(=O)C2C3C=CC(C3)C2C1=O)N(C)C. The van der Waals surface area contributed by atoms with Crippen LogP contribution in [0.1, 0.15) is 33.1 Å². The zero-order chi connectivity index (χ0) is 21.1. The van der Waals surface area contributed by atoms with Crippen molar-refractivity contribution in [3.05, 3.63) is 12.2 Å². The Morgan fingerprint density at radius 1 is 1.14 bits per heavy atom. The molecule has 5 unspecified atom stereocenters. The molecule has 2 amide bonds. The largest absolute Gasteiger partial charge is 0.355 e. The molecule has 2 fully saturated rings. The smallest absolute Gasteiger partial charge is 0.233 e. The molecule has 1 saturated heterocycles. The van der Waals surface area contributed by atoms with Gasteiger partial charge in [-0.15, -0.1) is 0 Å². The predicted octanol–water partition coefficient (Wildman–Crippen LogP) is 1.32. The maximum absolute atomic E-state index is 12.8. The lowest BCUT2D eigenvalue weighted by Gasteiger charge is -2.32. The zero-order valence-corrected chi connectivity index (χ0v) is 18.5. The number of hydrogen-bond acceptors (Lipinski definition) is 4. The van der Waals surface area contributed by atoms with Crippen molar-refractivity contribution in [1.29, 1.82) is 0 Å². The fourth-order valence-corrected chi connectivity index (χ4v) is 5.50. The number of rotatable bonds is 9. The van der Waals surface area contributed by atoms with E-state index in [-0.39, 0.29) is 35.5 Å². The minimum absolute atomic E-state index is 0.0167. The number of fused-ring (bicyclic) bond motifs is 5. The molecular formula is C22H37N5O2. The summed E-state index contributed by atoms with van der Waals surface area (Å²) in [5, 5.41) is 6.68. The molecule has 0 aromatic rings. The number of allylic oxidation sites excluding steroid dienone is 2. The second-order valence-corrected chi connectivity index (χ2v) is 8.82. The van der Waals surface area contributed by atoms with Gasteiger partial charge in [-0.3, -0.25) is 19.5 Å². The first kappa shape index (κ1) is 21.8. The predicted molar refractivity (Wildman–Crippen MR) is 115 cm³/mol. The van der Waals surface area contributed by atoms with Gasteiger partial charge in [0.1, 0.15) is 0 Å². The number of likely N-dealkylation sites (N-methyl/N-ethyl adjacent to an activating group) is 1. The van der Waals surface area contributed by atoms with E-state index in [2.05, 4.69) is 60.6 Å². The van der Waals surface area contributed by atoms with E-state index in [1.807, 2.05) is 0 Å². The molecule has 29 heavy (non-hydrogen) atoms. The van der Waals surface area contributed by atoms with Crippen LogP contribution in [-0.2, 0) is 9.59 Å². The van der Waals surface area contributed by atoms with Gasteiger partial charge in [-0.05, 0) is 38.3 Å². The van der Waals surface area contributed by atoms with Crippen molar-refractivity contribution < 1.29 is 9.59 Å². The second kappa shape index (κ2) is 9.28. The standard InChI is InChI=1S/C22H37N5O2/c1-6-14(7-2)17(26(4)5)13-25-22(23-3)24-10-11-27-20(28)18-15-8-9-16(12-15)19(18)21(27)29/h8-9,14-19H,6-7,10-13H2,1-5H3,(H2,23,24,25). The van der Waals surface area contributed by atoms with Crippen molar-refractivity contribution in [3.63, 3.8) is 0 Å². The van der Waals surface area contributed by atoms with Crippen LogP contribution in [0.25, 0.3) is 0 Å². The number of guanidine groups is 1. The molecule has 7 nitrogen and oxygen atoms in total. The number of amides is 2. The van der Waals surface area contributed by atoms with Crippen molar-refractivity contribution in [3.8, 4) is 0 Å². The molecule has 1 saturated carbocycles. The molecule has 2 bridgehead atoms. The van der Waals surface area contributed by atoms with Gasteiger partial charge in [0, 0.05) is 32.7 Å². The van der Waals surface area contributed by atoms with Crippen LogP contribution >= 0.6 is 0 Å². The summed E-state index contributed by atoms with van der Waals surface area (Å²) in [4.78, 5) is 33.5. The number of nitrogens with one attached hydrogen (secondary N) is 2. The van der Waals surface area contributed by atoms with E-state index >= 15 is 0 Å². The Bertz CT molecular complexity index is 640. The summed E-state index contributed by atoms with van der Waals surface area (Å²) in [6.45, 7) is 6.18. The molecule has 3 aliphatic rings. The maximum Gasteiger partial charge on any atom is 0.233 e. The van der Waals surface area contributed by atoms with Crippen molar-refractivity contribution in [2.45, 2.75) is 39.2 Å². The molecule has 0 aromatic heterocycles. The molecule has 7 heteroatoms. The lowest BCUT2D eigenvalue weighted by molar-refractivity contribution is -0.140. The van der Waals surface area contributed by atoms with Crippen LogP contribution in [0.4, 0.5) is 0 Å². The summed E-state index contributed by atoms with van der Waals surface area (Å²) in [5.74, 6) is 1.67. The Morgan fingerprint density at radius 3 is 2.21 bits per heavy atom. The van der Waals surface area contributed by atoms with Crippen molar-refractivity contribution in [2.24, 2.45) is 34.6 Å². The highest BCUT2D eigenvalue weighted by molar-refractivity contribution is 6.06. The maximum atomic E-state index is 12.8. The Kier molecular flexibility index (Phi) is 6.98. The summed E-state index contributed by atoms with van der Waals surface area (Å²) < 4.78 is 0. The number of imide groups is 1. The Labute approximate surface area is 175 Å². The molecule has 0 aromatic carbocycles. The van der Waals surface area contributed by atoms with Crippen LogP contribution in [0.2, 0.25) is 0 Å².